The van der Waals surface area contributed by atoms with Crippen LogP contribution < -0.4 is 11.1 Å². The molecule has 6 heteroatoms. The Morgan fingerprint density at radius 3 is 2.35 bits per heavy atom. The van der Waals surface area contributed by atoms with Crippen molar-refractivity contribution in [3.63, 3.8) is 0 Å². The highest BCUT2D eigenvalue weighted by atomic mass is 35.5. The zero-order chi connectivity index (χ0) is 12.0. The van der Waals surface area contributed by atoms with E-state index in [4.69, 9.17) is 10.5 Å². The lowest BCUT2D eigenvalue weighted by Crippen LogP contribution is -2.56. The van der Waals surface area contributed by atoms with Gasteiger partial charge in [0.2, 0.25) is 5.91 Å². The Kier molecular flexibility index (Phi) is 7.15. The standard InChI is InChI=1S/C11H20N2O3.ClH/c1-16-10(15)11(6-3-2-4-7-11)13-9(14)5-8-12;/h2-8,12H2,1H3,(H,13,14);1H. The van der Waals surface area contributed by atoms with Crippen molar-refractivity contribution in [2.45, 2.75) is 44.1 Å². The molecule has 0 aromatic heterocycles. The second-order valence-corrected chi connectivity index (χ2v) is 4.22. The van der Waals surface area contributed by atoms with Gasteiger partial charge in [0, 0.05) is 13.0 Å². The number of halogens is 1. The third-order valence-corrected chi connectivity index (χ3v) is 3.03. The second kappa shape index (κ2) is 7.50. The van der Waals surface area contributed by atoms with Gasteiger partial charge in [0.05, 0.1) is 7.11 Å². The zero-order valence-corrected chi connectivity index (χ0v) is 11.0. The number of methoxy groups -OCH3 is 1. The van der Waals surface area contributed by atoms with Gasteiger partial charge < -0.3 is 15.8 Å². The first-order chi connectivity index (χ1) is 7.64. The van der Waals surface area contributed by atoms with Gasteiger partial charge in [-0.25, -0.2) is 4.79 Å². The zero-order valence-electron chi connectivity index (χ0n) is 10.2. The van der Waals surface area contributed by atoms with E-state index in [-0.39, 0.29) is 30.7 Å². The van der Waals surface area contributed by atoms with Crippen LogP contribution >= 0.6 is 12.4 Å². The summed E-state index contributed by atoms with van der Waals surface area (Å²) in [5.74, 6) is -0.507. The van der Waals surface area contributed by atoms with Crippen LogP contribution in [0, 0.1) is 0 Å². The number of carbonyl (C=O) groups is 2. The summed E-state index contributed by atoms with van der Waals surface area (Å²) < 4.78 is 4.79. The number of nitrogens with two attached hydrogens (primary N) is 1. The van der Waals surface area contributed by atoms with Gasteiger partial charge >= 0.3 is 5.97 Å². The number of hydrogen-bond donors (Lipinski definition) is 2. The Morgan fingerprint density at radius 1 is 1.29 bits per heavy atom. The van der Waals surface area contributed by atoms with E-state index in [1.807, 2.05) is 0 Å². The van der Waals surface area contributed by atoms with Gasteiger partial charge in [-0.05, 0) is 12.8 Å². The average Bonchev–Trinajstić information content (AvgIpc) is 2.29. The van der Waals surface area contributed by atoms with Crippen molar-refractivity contribution in [1.82, 2.24) is 5.32 Å². The van der Waals surface area contributed by atoms with Gasteiger partial charge in [-0.15, -0.1) is 12.4 Å². The summed E-state index contributed by atoms with van der Waals surface area (Å²) in [6.07, 6.45) is 4.56. The Bertz CT molecular complexity index is 265. The van der Waals surface area contributed by atoms with E-state index in [9.17, 15) is 9.59 Å². The molecule has 5 nitrogen and oxygen atoms in total. The van der Waals surface area contributed by atoms with E-state index < -0.39 is 5.54 Å². The molecular weight excluding hydrogens is 244 g/mol. The number of esters is 1. The average molecular weight is 265 g/mol. The molecule has 1 saturated carbocycles. The Labute approximate surface area is 108 Å². The Hall–Kier alpha value is -0.810. The topological polar surface area (TPSA) is 81.4 Å². The van der Waals surface area contributed by atoms with Crippen molar-refractivity contribution in [2.75, 3.05) is 13.7 Å². The Balaban J connectivity index is 0.00000256. The molecule has 0 radical (unpaired) electrons. The summed E-state index contributed by atoms with van der Waals surface area (Å²) in [7, 11) is 1.35. The maximum Gasteiger partial charge on any atom is 0.331 e. The van der Waals surface area contributed by atoms with E-state index in [0.717, 1.165) is 19.3 Å². The molecule has 0 aromatic rings. The first-order valence-corrected chi connectivity index (χ1v) is 5.74. The third kappa shape index (κ3) is 4.16. The van der Waals surface area contributed by atoms with Crippen LogP contribution in [0.15, 0.2) is 0 Å². The summed E-state index contributed by atoms with van der Waals surface area (Å²) in [4.78, 5) is 23.3. The van der Waals surface area contributed by atoms with Gasteiger partial charge in [-0.2, -0.15) is 0 Å². The predicted molar refractivity (Wildman–Crippen MR) is 66.9 cm³/mol. The molecule has 1 rings (SSSR count). The third-order valence-electron chi connectivity index (χ3n) is 3.03. The number of ether oxygens (including phenoxy) is 1. The van der Waals surface area contributed by atoms with Crippen LogP contribution in [0.25, 0.3) is 0 Å². The van der Waals surface area contributed by atoms with Crippen molar-refractivity contribution in [3.05, 3.63) is 0 Å². The molecule has 1 aliphatic carbocycles. The van der Waals surface area contributed by atoms with Gasteiger partial charge in [-0.3, -0.25) is 4.79 Å². The highest BCUT2D eigenvalue weighted by Crippen LogP contribution is 2.29. The summed E-state index contributed by atoms with van der Waals surface area (Å²) in [5, 5.41) is 2.79. The van der Waals surface area contributed by atoms with E-state index in [0.29, 0.717) is 19.4 Å². The lowest BCUT2D eigenvalue weighted by atomic mass is 9.81. The van der Waals surface area contributed by atoms with Crippen molar-refractivity contribution < 1.29 is 14.3 Å². The largest absolute Gasteiger partial charge is 0.467 e. The molecule has 17 heavy (non-hydrogen) atoms. The monoisotopic (exact) mass is 264 g/mol. The second-order valence-electron chi connectivity index (χ2n) is 4.22. The first kappa shape index (κ1) is 16.2. The van der Waals surface area contributed by atoms with Gasteiger partial charge in [0.15, 0.2) is 0 Å². The smallest absolute Gasteiger partial charge is 0.331 e. The molecule has 1 amide bonds. The fourth-order valence-electron chi connectivity index (χ4n) is 2.19. The SMILES string of the molecule is COC(=O)C1(NC(=O)CCN)CCCCC1.Cl. The van der Waals surface area contributed by atoms with Gasteiger partial charge in [-0.1, -0.05) is 19.3 Å². The summed E-state index contributed by atoms with van der Waals surface area (Å²) in [5.41, 5.74) is 4.50. The van der Waals surface area contributed by atoms with Gasteiger partial charge in [0.25, 0.3) is 0 Å². The van der Waals surface area contributed by atoms with Crippen molar-refractivity contribution in [1.29, 1.82) is 0 Å². The van der Waals surface area contributed by atoms with Crippen LogP contribution in [-0.4, -0.2) is 31.1 Å². The summed E-state index contributed by atoms with van der Waals surface area (Å²) in [6.45, 7) is 0.295. The van der Waals surface area contributed by atoms with Gasteiger partial charge in [0.1, 0.15) is 5.54 Å². The highest BCUT2D eigenvalue weighted by molar-refractivity contribution is 5.88. The number of rotatable bonds is 4. The van der Waals surface area contributed by atoms with E-state index in [1.165, 1.54) is 7.11 Å². The molecule has 0 bridgehead atoms. The summed E-state index contributed by atoms with van der Waals surface area (Å²) >= 11 is 0. The molecule has 0 aromatic carbocycles. The fourth-order valence-corrected chi connectivity index (χ4v) is 2.19. The van der Waals surface area contributed by atoms with Crippen LogP contribution in [0.5, 0.6) is 0 Å². The van der Waals surface area contributed by atoms with E-state index >= 15 is 0 Å². The van der Waals surface area contributed by atoms with Crippen molar-refractivity contribution in [2.24, 2.45) is 5.73 Å². The lowest BCUT2D eigenvalue weighted by Gasteiger charge is -2.35. The minimum Gasteiger partial charge on any atom is -0.467 e. The highest BCUT2D eigenvalue weighted by Gasteiger charge is 2.41. The molecule has 3 N–H and O–H groups in total. The maximum atomic E-state index is 11.8. The molecule has 1 aliphatic rings. The number of carbonyl (C=O) groups excluding carboxylic acids is 2. The molecule has 100 valence electrons. The molecule has 0 atom stereocenters. The molecule has 0 heterocycles. The number of hydrogen-bond acceptors (Lipinski definition) is 4. The Morgan fingerprint density at radius 2 is 1.88 bits per heavy atom. The first-order valence-electron chi connectivity index (χ1n) is 5.74. The normalized spacial score (nSPS) is 17.8. The molecule has 0 unspecified atom stereocenters. The van der Waals surface area contributed by atoms with Crippen LogP contribution in [0.3, 0.4) is 0 Å². The minimum atomic E-state index is -0.806. The van der Waals surface area contributed by atoms with E-state index in [1.54, 1.807) is 0 Å². The van der Waals surface area contributed by atoms with Crippen LogP contribution in [0.4, 0.5) is 0 Å². The molecular formula is C11H21ClN2O3. The summed E-state index contributed by atoms with van der Waals surface area (Å²) in [6, 6.07) is 0. The number of nitrogens with one attached hydrogen (secondary N) is 1. The molecule has 0 saturated heterocycles. The minimum absolute atomic E-state index is 0. The predicted octanol–water partition coefficient (Wildman–Crippen LogP) is 0.749. The molecule has 0 aliphatic heterocycles. The fraction of sp³-hybridized carbons (Fsp3) is 0.818. The maximum absolute atomic E-state index is 11.8. The van der Waals surface area contributed by atoms with Crippen LogP contribution in [0.2, 0.25) is 0 Å². The number of amides is 1. The quantitative estimate of drug-likeness (QED) is 0.734. The van der Waals surface area contributed by atoms with E-state index in [2.05, 4.69) is 5.32 Å². The van der Waals surface area contributed by atoms with Crippen molar-refractivity contribution in [3.8, 4) is 0 Å². The lowest BCUT2D eigenvalue weighted by molar-refractivity contribution is -0.152. The van der Waals surface area contributed by atoms with Crippen LogP contribution in [-0.2, 0) is 14.3 Å². The molecule has 1 fully saturated rings. The molecule has 0 spiro atoms. The van der Waals surface area contributed by atoms with Crippen LogP contribution in [0.1, 0.15) is 38.5 Å². The van der Waals surface area contributed by atoms with Crippen molar-refractivity contribution >= 4 is 24.3 Å².